The lowest BCUT2D eigenvalue weighted by molar-refractivity contribution is 0.285. The van der Waals surface area contributed by atoms with Crippen molar-refractivity contribution in [2.24, 2.45) is 0 Å². The Morgan fingerprint density at radius 3 is 2.83 bits per heavy atom. The van der Waals surface area contributed by atoms with E-state index >= 15 is 0 Å². The first-order valence-electron chi connectivity index (χ1n) is 3.65. The zero-order valence-corrected chi connectivity index (χ0v) is 7.40. The van der Waals surface area contributed by atoms with Gasteiger partial charge in [-0.2, -0.15) is 0 Å². The summed E-state index contributed by atoms with van der Waals surface area (Å²) in [5.41, 5.74) is 0.914. The second-order valence-corrected chi connectivity index (χ2v) is 3.23. The highest BCUT2D eigenvalue weighted by atomic mass is 32.1. The van der Waals surface area contributed by atoms with E-state index in [1.807, 2.05) is 11.4 Å². The van der Waals surface area contributed by atoms with Crippen molar-refractivity contribution in [3.05, 3.63) is 21.9 Å². The molecule has 1 aromatic rings. The molecule has 1 aromatic heterocycles. The summed E-state index contributed by atoms with van der Waals surface area (Å²) in [4.78, 5) is 0.920. The molecule has 0 saturated carbocycles. The van der Waals surface area contributed by atoms with Crippen molar-refractivity contribution < 1.29 is 10.2 Å². The molecule has 0 spiro atoms. The van der Waals surface area contributed by atoms with E-state index in [1.165, 1.54) is 11.3 Å². The molecule has 1 rings (SSSR count). The molecular weight excluding hydrogens is 172 g/mol. The zero-order chi connectivity index (χ0) is 8.81. The van der Waals surface area contributed by atoms with Crippen molar-refractivity contribution in [3.8, 4) is 11.8 Å². The Kier molecular flexibility index (Phi) is 3.81. The Morgan fingerprint density at radius 2 is 2.25 bits per heavy atom. The van der Waals surface area contributed by atoms with Gasteiger partial charge in [0.2, 0.25) is 0 Å². The smallest absolute Gasteiger partial charge is 0.0774 e. The summed E-state index contributed by atoms with van der Waals surface area (Å²) in [5, 5.41) is 19.1. The van der Waals surface area contributed by atoms with Crippen LogP contribution in [0.15, 0.2) is 11.4 Å². The Balaban J connectivity index is 2.59. The quantitative estimate of drug-likeness (QED) is 0.669. The summed E-state index contributed by atoms with van der Waals surface area (Å²) in [6, 6.07) is 1.86. The maximum absolute atomic E-state index is 8.74. The van der Waals surface area contributed by atoms with Crippen LogP contribution >= 0.6 is 11.3 Å². The number of aliphatic hydroxyl groups excluding tert-OH is 2. The second-order valence-electron chi connectivity index (χ2n) is 2.24. The van der Waals surface area contributed by atoms with Crippen molar-refractivity contribution in [3.63, 3.8) is 0 Å². The van der Waals surface area contributed by atoms with E-state index in [0.717, 1.165) is 10.4 Å². The molecule has 1 heterocycles. The number of thiophene rings is 1. The summed E-state index contributed by atoms with van der Waals surface area (Å²) in [6.45, 7) is 0.177. The maximum Gasteiger partial charge on any atom is 0.0774 e. The summed E-state index contributed by atoms with van der Waals surface area (Å²) < 4.78 is 0. The van der Waals surface area contributed by atoms with Crippen molar-refractivity contribution >= 4 is 11.3 Å². The average Bonchev–Trinajstić information content (AvgIpc) is 2.53. The van der Waals surface area contributed by atoms with Gasteiger partial charge in [-0.1, -0.05) is 11.8 Å². The minimum absolute atomic E-state index is 0.0757. The third kappa shape index (κ3) is 2.67. The first-order valence-corrected chi connectivity index (χ1v) is 4.53. The lowest BCUT2D eigenvalue weighted by atomic mass is 10.3. The van der Waals surface area contributed by atoms with Crippen molar-refractivity contribution in [1.29, 1.82) is 0 Å². The number of rotatable bonds is 2. The first-order chi connectivity index (χ1) is 5.86. The predicted molar refractivity (Wildman–Crippen MR) is 48.8 cm³/mol. The van der Waals surface area contributed by atoms with Crippen LogP contribution in [0.25, 0.3) is 0 Å². The van der Waals surface area contributed by atoms with E-state index < -0.39 is 0 Å². The summed E-state index contributed by atoms with van der Waals surface area (Å²) in [5.74, 6) is 5.70. The van der Waals surface area contributed by atoms with Gasteiger partial charge in [0, 0.05) is 22.2 Å². The van der Waals surface area contributed by atoms with E-state index in [9.17, 15) is 0 Å². The van der Waals surface area contributed by atoms with E-state index in [0.29, 0.717) is 6.42 Å². The van der Waals surface area contributed by atoms with Gasteiger partial charge >= 0.3 is 0 Å². The topological polar surface area (TPSA) is 40.5 Å². The molecule has 0 amide bonds. The molecule has 0 fully saturated rings. The molecule has 0 radical (unpaired) electrons. The molecule has 2 N–H and O–H groups in total. The predicted octanol–water partition coefficient (Wildman–Crippen LogP) is 0.974. The van der Waals surface area contributed by atoms with E-state index in [1.54, 1.807) is 0 Å². The van der Waals surface area contributed by atoms with Crippen LogP contribution in [0.4, 0.5) is 0 Å². The van der Waals surface area contributed by atoms with Gasteiger partial charge in [-0.25, -0.2) is 0 Å². The SMILES string of the molecule is OCCC#Cc1csc(CO)c1. The van der Waals surface area contributed by atoms with Crippen LogP contribution in [0.2, 0.25) is 0 Å². The number of hydrogen-bond acceptors (Lipinski definition) is 3. The molecule has 0 bridgehead atoms. The molecule has 12 heavy (non-hydrogen) atoms. The lowest BCUT2D eigenvalue weighted by Gasteiger charge is -1.81. The molecule has 3 heteroatoms. The minimum Gasteiger partial charge on any atom is -0.395 e. The zero-order valence-electron chi connectivity index (χ0n) is 6.58. The highest BCUT2D eigenvalue weighted by Gasteiger charge is 1.93. The summed E-state index contributed by atoms with van der Waals surface area (Å²) in [7, 11) is 0. The molecule has 0 aliphatic rings. The summed E-state index contributed by atoms with van der Waals surface area (Å²) >= 11 is 1.49. The number of hydrogen-bond donors (Lipinski definition) is 2. The molecule has 0 aliphatic carbocycles. The van der Waals surface area contributed by atoms with Crippen LogP contribution in [-0.4, -0.2) is 16.8 Å². The normalized spacial score (nSPS) is 9.17. The van der Waals surface area contributed by atoms with Crippen molar-refractivity contribution in [1.82, 2.24) is 0 Å². The Hall–Kier alpha value is -0.820. The second kappa shape index (κ2) is 4.94. The standard InChI is InChI=1S/C9H10O2S/c10-4-2-1-3-8-5-9(6-11)12-7-8/h5,7,10-11H,2,4,6H2. The Labute approximate surface area is 75.5 Å². The van der Waals surface area contributed by atoms with Crippen molar-refractivity contribution in [2.75, 3.05) is 6.61 Å². The minimum atomic E-state index is 0.0757. The molecule has 64 valence electrons. The van der Waals surface area contributed by atoms with E-state index in [4.69, 9.17) is 10.2 Å². The highest BCUT2D eigenvalue weighted by molar-refractivity contribution is 7.10. The van der Waals surface area contributed by atoms with E-state index in [2.05, 4.69) is 11.8 Å². The largest absolute Gasteiger partial charge is 0.395 e. The van der Waals surface area contributed by atoms with Crippen LogP contribution in [0, 0.1) is 11.8 Å². The van der Waals surface area contributed by atoms with Crippen LogP contribution in [0.3, 0.4) is 0 Å². The highest BCUT2D eigenvalue weighted by Crippen LogP contribution is 2.12. The van der Waals surface area contributed by atoms with Crippen LogP contribution in [0.1, 0.15) is 16.9 Å². The maximum atomic E-state index is 8.74. The van der Waals surface area contributed by atoms with Gasteiger partial charge in [-0.3, -0.25) is 0 Å². The molecule has 0 unspecified atom stereocenters. The van der Waals surface area contributed by atoms with Gasteiger partial charge in [0.25, 0.3) is 0 Å². The van der Waals surface area contributed by atoms with Gasteiger partial charge < -0.3 is 10.2 Å². The molecule has 0 aliphatic heterocycles. The number of aliphatic hydroxyl groups is 2. The Morgan fingerprint density at radius 1 is 1.42 bits per heavy atom. The van der Waals surface area contributed by atoms with Gasteiger partial charge in [0.1, 0.15) is 0 Å². The van der Waals surface area contributed by atoms with Crippen LogP contribution in [-0.2, 0) is 6.61 Å². The first kappa shape index (κ1) is 9.27. The molecular formula is C9H10O2S. The third-order valence-electron chi connectivity index (χ3n) is 1.28. The summed E-state index contributed by atoms with van der Waals surface area (Å²) in [6.07, 6.45) is 0.504. The van der Waals surface area contributed by atoms with E-state index in [-0.39, 0.29) is 13.2 Å². The van der Waals surface area contributed by atoms with Gasteiger partial charge in [0.15, 0.2) is 0 Å². The average molecular weight is 182 g/mol. The Bertz CT molecular complexity index is 293. The third-order valence-corrected chi connectivity index (χ3v) is 2.20. The molecule has 2 nitrogen and oxygen atoms in total. The fourth-order valence-corrected chi connectivity index (χ4v) is 1.42. The lowest BCUT2D eigenvalue weighted by Crippen LogP contribution is -1.76. The van der Waals surface area contributed by atoms with Crippen molar-refractivity contribution in [2.45, 2.75) is 13.0 Å². The fraction of sp³-hybridized carbons (Fsp3) is 0.333. The van der Waals surface area contributed by atoms with Crippen LogP contribution in [0.5, 0.6) is 0 Å². The molecule has 0 atom stereocenters. The van der Waals surface area contributed by atoms with Gasteiger partial charge in [-0.15, -0.1) is 11.3 Å². The monoisotopic (exact) mass is 182 g/mol. The van der Waals surface area contributed by atoms with Gasteiger partial charge in [-0.05, 0) is 6.07 Å². The van der Waals surface area contributed by atoms with Gasteiger partial charge in [0.05, 0.1) is 13.2 Å². The fourth-order valence-electron chi connectivity index (χ4n) is 0.750. The molecule has 0 saturated heterocycles. The van der Waals surface area contributed by atoms with Crippen LogP contribution < -0.4 is 0 Å². The molecule has 0 aromatic carbocycles.